The molecule has 28 valence electrons. The van der Waals surface area contributed by atoms with Crippen LogP contribution in [0.5, 0.6) is 0 Å². The SMILES string of the molecule is O=I(=O)F.[Sr]. The minimum absolute atomic E-state index is 0. The molecule has 0 aromatic carbocycles. The molecule has 0 spiro atoms. The van der Waals surface area contributed by atoms with Crippen LogP contribution in [0.3, 0.4) is 0 Å². The maximum Gasteiger partial charge on any atom is 0.503 e. The second-order valence-corrected chi connectivity index (χ2v) is 1.21. The third kappa shape index (κ3) is 26.5. The normalized spacial score (nSPS) is 6.80. The third-order valence-electron chi connectivity index (χ3n) is 0. The largest absolute Gasteiger partial charge is 0.503 e. The Morgan fingerprint density at radius 1 is 1.40 bits per heavy atom. The van der Waals surface area contributed by atoms with Crippen LogP contribution in [0.25, 0.3) is 0 Å². The minimum Gasteiger partial charge on any atom is -0.197 e. The molecule has 0 aromatic rings. The van der Waals surface area contributed by atoms with Gasteiger partial charge in [-0.3, -0.25) is 0 Å². The quantitative estimate of drug-likeness (QED) is 0.477. The van der Waals surface area contributed by atoms with Crippen LogP contribution in [0.15, 0.2) is 0 Å². The van der Waals surface area contributed by atoms with Crippen molar-refractivity contribution >= 4 is 65.8 Å². The van der Waals surface area contributed by atoms with Crippen LogP contribution in [0.1, 0.15) is 0 Å². The summed E-state index contributed by atoms with van der Waals surface area (Å²) in [5, 5.41) is 0. The molecule has 0 aliphatic rings. The number of halogens is 2. The van der Waals surface area contributed by atoms with E-state index in [-0.39, 0.29) is 45.5 Å². The van der Waals surface area contributed by atoms with Gasteiger partial charge in [0, 0.05) is 45.5 Å². The molecule has 0 atom stereocenters. The van der Waals surface area contributed by atoms with Gasteiger partial charge in [0.05, 0.1) is 0 Å². The van der Waals surface area contributed by atoms with Crippen molar-refractivity contribution in [1.82, 2.24) is 0 Å². The van der Waals surface area contributed by atoms with Crippen LogP contribution >= 0.6 is 20.4 Å². The molecule has 0 aliphatic heterocycles. The fourth-order valence-corrected chi connectivity index (χ4v) is 0. The molecule has 0 N–H and O–H groups in total. The maximum absolute atomic E-state index is 10.0. The van der Waals surface area contributed by atoms with Crippen molar-refractivity contribution in [1.29, 1.82) is 0 Å². The first-order valence-electron chi connectivity index (χ1n) is 0.451. The van der Waals surface area contributed by atoms with Gasteiger partial charge in [0.1, 0.15) is 0 Å². The molecule has 0 rings (SSSR count). The molecule has 0 heterocycles. The Balaban J connectivity index is 0. The van der Waals surface area contributed by atoms with E-state index in [2.05, 4.69) is 0 Å². The van der Waals surface area contributed by atoms with E-state index in [1.54, 1.807) is 0 Å². The zero-order chi connectivity index (χ0) is 3.58. The molecule has 0 amide bonds. The van der Waals surface area contributed by atoms with Gasteiger partial charge in [0.15, 0.2) is 0 Å². The van der Waals surface area contributed by atoms with Crippen molar-refractivity contribution in [2.75, 3.05) is 0 Å². The monoisotopic (exact) mass is 266 g/mol. The van der Waals surface area contributed by atoms with Crippen LogP contribution in [-0.4, -0.2) is 45.5 Å². The van der Waals surface area contributed by atoms with Gasteiger partial charge in [-0.25, -0.2) is 0 Å². The summed E-state index contributed by atoms with van der Waals surface area (Å²) < 4.78 is 27.0. The van der Waals surface area contributed by atoms with Gasteiger partial charge < -0.3 is 0 Å². The van der Waals surface area contributed by atoms with Crippen molar-refractivity contribution in [3.63, 3.8) is 0 Å². The molecule has 0 bridgehead atoms. The molecule has 0 aliphatic carbocycles. The van der Waals surface area contributed by atoms with Gasteiger partial charge in [-0.2, -0.15) is 6.14 Å². The van der Waals surface area contributed by atoms with Gasteiger partial charge in [0.2, 0.25) is 0 Å². The summed E-state index contributed by atoms with van der Waals surface area (Å²) in [6.45, 7) is 0. The Morgan fingerprint density at radius 3 is 1.40 bits per heavy atom. The van der Waals surface area contributed by atoms with Crippen molar-refractivity contribution in [3.8, 4) is 0 Å². The van der Waals surface area contributed by atoms with E-state index in [4.69, 9.17) is 6.14 Å². The van der Waals surface area contributed by atoms with E-state index in [0.717, 1.165) is 0 Å². The summed E-state index contributed by atoms with van der Waals surface area (Å²) in [6.07, 6.45) is 0. The van der Waals surface area contributed by atoms with Crippen LogP contribution in [0.2, 0.25) is 0 Å². The molecule has 0 aromatic heterocycles. The predicted molar refractivity (Wildman–Crippen MR) is 22.3 cm³/mol. The fourth-order valence-electron chi connectivity index (χ4n) is 0. The smallest absolute Gasteiger partial charge is 0.197 e. The summed E-state index contributed by atoms with van der Waals surface area (Å²) in [6, 6.07) is 0. The van der Waals surface area contributed by atoms with E-state index in [0.29, 0.717) is 0 Å². The average molecular weight is 266 g/mol. The Labute approximate surface area is 73.3 Å². The van der Waals surface area contributed by atoms with Gasteiger partial charge in [-0.15, -0.1) is 2.86 Å². The summed E-state index contributed by atoms with van der Waals surface area (Å²) in [4.78, 5) is 0. The second-order valence-electron chi connectivity index (χ2n) is 0.180. The molecular weight excluding hydrogens is 266 g/mol. The topological polar surface area (TPSA) is 34.1 Å². The van der Waals surface area contributed by atoms with Gasteiger partial charge >= 0.3 is 20.4 Å². The van der Waals surface area contributed by atoms with E-state index in [9.17, 15) is 2.86 Å². The van der Waals surface area contributed by atoms with Gasteiger partial charge in [-0.1, -0.05) is 0 Å². The van der Waals surface area contributed by atoms with E-state index in [1.165, 1.54) is 0 Å². The molecular formula is FIO2Sr. The third-order valence-corrected chi connectivity index (χ3v) is 0. The molecule has 0 saturated carbocycles. The van der Waals surface area contributed by atoms with Gasteiger partial charge in [-0.05, 0) is 0 Å². The van der Waals surface area contributed by atoms with Crippen LogP contribution in [0, 0.1) is 0 Å². The summed E-state index contributed by atoms with van der Waals surface area (Å²) in [5.74, 6) is 0. The first kappa shape index (κ1) is 9.88. The molecule has 0 saturated heterocycles. The number of rotatable bonds is 0. The Morgan fingerprint density at radius 2 is 1.40 bits per heavy atom. The van der Waals surface area contributed by atoms with Crippen molar-refractivity contribution < 1.29 is 9.00 Å². The minimum atomic E-state index is -4.26. The van der Waals surface area contributed by atoms with Crippen LogP contribution in [0.4, 0.5) is 2.86 Å². The van der Waals surface area contributed by atoms with E-state index >= 15 is 0 Å². The van der Waals surface area contributed by atoms with E-state index in [1.807, 2.05) is 0 Å². The predicted octanol–water partition coefficient (Wildman–Crippen LogP) is 0.688. The number of hydrogen-bond acceptors (Lipinski definition) is 2. The van der Waals surface area contributed by atoms with E-state index < -0.39 is 20.4 Å². The fraction of sp³-hybridized carbons (Fsp3) is 0. The second kappa shape index (κ2) is 5.74. The van der Waals surface area contributed by atoms with Crippen LogP contribution in [-0.2, 0) is 6.14 Å². The van der Waals surface area contributed by atoms with Gasteiger partial charge in [0.25, 0.3) is 0 Å². The summed E-state index contributed by atoms with van der Waals surface area (Å²) in [5.41, 5.74) is 0. The Hall–Kier alpha value is 1.74. The molecule has 5 heavy (non-hydrogen) atoms. The maximum atomic E-state index is 10.0. The van der Waals surface area contributed by atoms with Crippen molar-refractivity contribution in [2.45, 2.75) is 0 Å². The zero-order valence-corrected chi connectivity index (χ0v) is 7.91. The Bertz CT molecular complexity index is 58.0. The summed E-state index contributed by atoms with van der Waals surface area (Å²) in [7, 11) is 0. The first-order chi connectivity index (χ1) is 1.73. The number of hydrogen-bond donors (Lipinski definition) is 0. The zero-order valence-electron chi connectivity index (χ0n) is 2.28. The standard InChI is InChI=1S/FIO2.Sr/c1-2(3)4;. The molecule has 2 radical (unpaired) electrons. The molecule has 0 fully saturated rings. The Kier molecular flexibility index (Phi) is 11.3. The van der Waals surface area contributed by atoms with Crippen molar-refractivity contribution in [3.05, 3.63) is 0 Å². The average Bonchev–Trinajstić information content (AvgIpc) is 0.811. The molecule has 5 heteroatoms. The summed E-state index contributed by atoms with van der Waals surface area (Å²) >= 11 is -4.26. The molecule has 0 unspecified atom stereocenters. The molecule has 2 nitrogen and oxygen atoms in total. The first-order valence-corrected chi connectivity index (χ1v) is 3.03. The van der Waals surface area contributed by atoms with Crippen molar-refractivity contribution in [2.24, 2.45) is 0 Å². The van der Waals surface area contributed by atoms with Crippen LogP contribution < -0.4 is 0 Å².